The molecule has 11 heteroatoms. The van der Waals surface area contributed by atoms with Crippen molar-refractivity contribution in [2.45, 2.75) is 28.3 Å². The van der Waals surface area contributed by atoms with Crippen molar-refractivity contribution in [3.63, 3.8) is 0 Å². The smallest absolute Gasteiger partial charge is 0.374 e. The average Bonchev–Trinajstić information content (AvgIpc) is 2.35. The molecule has 0 aromatic heterocycles. The summed E-state index contributed by atoms with van der Waals surface area (Å²) in [4.78, 5) is -1.29. The van der Waals surface area contributed by atoms with Gasteiger partial charge in [-0.2, -0.15) is 26.3 Å². The van der Waals surface area contributed by atoms with Crippen LogP contribution >= 0.6 is 0 Å². The Hall–Kier alpha value is -1.33. The van der Waals surface area contributed by atoms with Crippen LogP contribution in [0.15, 0.2) is 29.2 Å². The zero-order valence-electron chi connectivity index (χ0n) is 9.83. The third kappa shape index (κ3) is 1.56. The lowest BCUT2D eigenvalue weighted by atomic mass is 9.64. The fraction of sp³-hybridized carbons (Fsp3) is 0.400. The molecule has 4 nitrogen and oxygen atoms in total. The van der Waals surface area contributed by atoms with Crippen LogP contribution in [0.2, 0.25) is 0 Å². The van der Waals surface area contributed by atoms with Crippen LogP contribution in [0, 0.1) is 0 Å². The third-order valence-corrected chi connectivity index (χ3v) is 4.25. The van der Waals surface area contributed by atoms with Gasteiger partial charge in [-0.15, -0.1) is 0 Å². The summed E-state index contributed by atoms with van der Waals surface area (Å²) in [5.74, 6) is -17.0. The molecule has 0 radical (unpaired) electrons. The van der Waals surface area contributed by atoms with Gasteiger partial charge in [0.1, 0.15) is 0 Å². The van der Waals surface area contributed by atoms with Gasteiger partial charge in [0.25, 0.3) is 0 Å². The van der Waals surface area contributed by atoms with Gasteiger partial charge < -0.3 is 5.11 Å². The fourth-order valence-electron chi connectivity index (χ4n) is 2.14. The van der Waals surface area contributed by atoms with E-state index in [4.69, 9.17) is 0 Å². The molecule has 118 valence electrons. The second-order valence-corrected chi connectivity index (χ2v) is 6.00. The fourth-order valence-corrected chi connectivity index (χ4v) is 2.93. The van der Waals surface area contributed by atoms with Crippen molar-refractivity contribution in [2.24, 2.45) is 5.14 Å². The van der Waals surface area contributed by atoms with Crippen molar-refractivity contribution in [1.29, 1.82) is 0 Å². The first kappa shape index (κ1) is 16.0. The van der Waals surface area contributed by atoms with E-state index in [0.29, 0.717) is 12.1 Å². The topological polar surface area (TPSA) is 80.4 Å². The van der Waals surface area contributed by atoms with Gasteiger partial charge >= 0.3 is 17.8 Å². The lowest BCUT2D eigenvalue weighted by molar-refractivity contribution is -0.498. The Labute approximate surface area is 114 Å². The molecule has 0 bridgehead atoms. The van der Waals surface area contributed by atoms with Gasteiger partial charge in [0, 0.05) is 5.56 Å². The molecule has 0 amide bonds. The lowest BCUT2D eigenvalue weighted by Crippen LogP contribution is -2.84. The van der Waals surface area contributed by atoms with Gasteiger partial charge in [0.05, 0.1) is 4.90 Å². The van der Waals surface area contributed by atoms with Crippen molar-refractivity contribution in [3.8, 4) is 0 Å². The van der Waals surface area contributed by atoms with E-state index in [1.54, 1.807) is 0 Å². The number of hydrogen-bond acceptors (Lipinski definition) is 3. The van der Waals surface area contributed by atoms with Gasteiger partial charge in [-0.25, -0.2) is 13.6 Å². The van der Waals surface area contributed by atoms with E-state index in [9.17, 15) is 39.9 Å². The highest BCUT2D eigenvalue weighted by Gasteiger charge is 2.99. The number of primary sulfonamides is 1. The maximum absolute atomic E-state index is 13.4. The molecule has 0 aliphatic heterocycles. The summed E-state index contributed by atoms with van der Waals surface area (Å²) in [6.07, 6.45) is 0. The minimum Gasteiger partial charge on any atom is -0.374 e. The van der Waals surface area contributed by atoms with Gasteiger partial charge in [-0.1, -0.05) is 18.2 Å². The molecule has 1 fully saturated rings. The minimum atomic E-state index is -5.83. The molecule has 21 heavy (non-hydrogen) atoms. The second kappa shape index (κ2) is 3.90. The summed E-state index contributed by atoms with van der Waals surface area (Å²) in [6, 6.07) is 2.69. The Bertz CT molecular complexity index is 684. The van der Waals surface area contributed by atoms with Crippen molar-refractivity contribution < 1.29 is 39.9 Å². The van der Waals surface area contributed by atoms with Crippen LogP contribution in [0.4, 0.5) is 26.3 Å². The summed E-state index contributed by atoms with van der Waals surface area (Å²) in [6.45, 7) is 0. The Balaban J connectivity index is 2.80. The van der Waals surface area contributed by atoms with Crippen LogP contribution in [0.5, 0.6) is 0 Å². The molecule has 0 spiro atoms. The normalized spacial score (nSPS) is 25.1. The zero-order chi connectivity index (χ0) is 16.5. The highest BCUT2D eigenvalue weighted by Crippen LogP contribution is 2.71. The number of rotatable bonds is 2. The molecule has 0 heterocycles. The molecule has 0 atom stereocenters. The lowest BCUT2D eigenvalue weighted by Gasteiger charge is -2.56. The van der Waals surface area contributed by atoms with Crippen LogP contribution < -0.4 is 5.14 Å². The van der Waals surface area contributed by atoms with Gasteiger partial charge in [0.15, 0.2) is 0 Å². The van der Waals surface area contributed by atoms with Crippen molar-refractivity contribution >= 4 is 10.0 Å². The maximum atomic E-state index is 13.4. The predicted octanol–water partition coefficient (Wildman–Crippen LogP) is 1.44. The van der Waals surface area contributed by atoms with E-state index < -0.39 is 43.9 Å². The number of sulfonamides is 1. The molecule has 1 aliphatic carbocycles. The van der Waals surface area contributed by atoms with E-state index in [1.807, 2.05) is 0 Å². The number of hydrogen-bond donors (Lipinski definition) is 2. The molecule has 0 unspecified atom stereocenters. The number of aliphatic hydroxyl groups is 1. The zero-order valence-corrected chi connectivity index (χ0v) is 10.6. The number of halogens is 6. The second-order valence-electron chi connectivity index (χ2n) is 4.47. The molecule has 1 aliphatic rings. The number of alkyl halides is 6. The standard InChI is InChI=1S/C10H7F6NO3S/c11-8(12)7(18,9(13,14)10(8,15)16)5-3-1-2-4-6(5)21(17,19)20/h1-4,18H,(H2,17,19,20). The Kier molecular flexibility index (Phi) is 2.98. The summed E-state index contributed by atoms with van der Waals surface area (Å²) < 4.78 is 102. The molecule has 1 saturated carbocycles. The van der Waals surface area contributed by atoms with Crippen LogP contribution in [-0.4, -0.2) is 31.3 Å². The van der Waals surface area contributed by atoms with Crippen LogP contribution in [-0.2, 0) is 15.6 Å². The molecule has 1 aromatic carbocycles. The average molecular weight is 335 g/mol. The van der Waals surface area contributed by atoms with Gasteiger partial charge in [0.2, 0.25) is 15.6 Å². The maximum Gasteiger partial charge on any atom is 0.379 e. The summed E-state index contributed by atoms with van der Waals surface area (Å²) in [7, 11) is -4.80. The molecular formula is C10H7F6NO3S. The molecule has 1 aromatic rings. The Morgan fingerprint density at radius 2 is 1.33 bits per heavy atom. The van der Waals surface area contributed by atoms with Gasteiger partial charge in [-0.3, -0.25) is 0 Å². The first-order valence-electron chi connectivity index (χ1n) is 5.21. The Morgan fingerprint density at radius 3 is 1.76 bits per heavy atom. The summed E-state index contributed by atoms with van der Waals surface area (Å²) >= 11 is 0. The Morgan fingerprint density at radius 1 is 0.905 bits per heavy atom. The number of nitrogens with two attached hydrogens (primary N) is 1. The molecule has 2 rings (SSSR count). The van der Waals surface area contributed by atoms with Crippen LogP contribution in [0.25, 0.3) is 0 Å². The quantitative estimate of drug-likeness (QED) is 0.803. The third-order valence-electron chi connectivity index (χ3n) is 3.28. The van der Waals surface area contributed by atoms with Crippen LogP contribution in [0.3, 0.4) is 0 Å². The molecule has 3 N–H and O–H groups in total. The molecular weight excluding hydrogens is 328 g/mol. The minimum absolute atomic E-state index is 0.372. The predicted molar refractivity (Wildman–Crippen MR) is 56.6 cm³/mol. The van der Waals surface area contributed by atoms with Crippen molar-refractivity contribution in [2.75, 3.05) is 0 Å². The van der Waals surface area contributed by atoms with E-state index >= 15 is 0 Å². The summed E-state index contributed by atoms with van der Waals surface area (Å²) in [5, 5.41) is 14.2. The van der Waals surface area contributed by atoms with Crippen molar-refractivity contribution in [1.82, 2.24) is 0 Å². The number of benzene rings is 1. The van der Waals surface area contributed by atoms with Crippen molar-refractivity contribution in [3.05, 3.63) is 29.8 Å². The van der Waals surface area contributed by atoms with Gasteiger partial charge in [-0.05, 0) is 6.07 Å². The summed E-state index contributed by atoms with van der Waals surface area (Å²) in [5.41, 5.74) is -6.28. The first-order valence-corrected chi connectivity index (χ1v) is 6.75. The van der Waals surface area contributed by atoms with Crippen LogP contribution in [0.1, 0.15) is 5.56 Å². The highest BCUT2D eigenvalue weighted by molar-refractivity contribution is 7.89. The van der Waals surface area contributed by atoms with E-state index in [2.05, 4.69) is 5.14 Å². The van der Waals surface area contributed by atoms with E-state index in [1.165, 1.54) is 0 Å². The SMILES string of the molecule is NS(=O)(=O)c1ccccc1C1(O)C(F)(F)C(F)(F)C1(F)F. The first-order chi connectivity index (χ1) is 9.23. The monoisotopic (exact) mass is 335 g/mol. The van der Waals surface area contributed by atoms with E-state index in [0.717, 1.165) is 12.1 Å². The molecule has 0 saturated heterocycles. The van der Waals surface area contributed by atoms with E-state index in [-0.39, 0.29) is 0 Å². The highest BCUT2D eigenvalue weighted by atomic mass is 32.2. The largest absolute Gasteiger partial charge is 0.379 e.